The number of nitrogen functional groups attached to an aromatic ring is 1. The maximum Gasteiger partial charge on any atom is 0.242 e. The number of hydrogen-bond donors (Lipinski definition) is 1. The zero-order valence-electron chi connectivity index (χ0n) is 11.5. The molecule has 0 aromatic carbocycles. The van der Waals surface area contributed by atoms with Gasteiger partial charge in [0.05, 0.1) is 10.4 Å². The fourth-order valence-electron chi connectivity index (χ4n) is 1.77. The predicted molar refractivity (Wildman–Crippen MR) is 86.4 cm³/mol. The number of halogens is 1. The van der Waals surface area contributed by atoms with E-state index in [0.29, 0.717) is 24.0 Å². The van der Waals surface area contributed by atoms with Gasteiger partial charge < -0.3 is 15.4 Å². The summed E-state index contributed by atoms with van der Waals surface area (Å²) in [6.07, 6.45) is 2.40. The molecule has 2 aromatic heterocycles. The molecule has 0 saturated carbocycles. The van der Waals surface area contributed by atoms with Crippen molar-refractivity contribution in [2.45, 2.75) is 19.9 Å². The summed E-state index contributed by atoms with van der Waals surface area (Å²) in [4.78, 5) is 10.3. The van der Waals surface area contributed by atoms with Crippen molar-refractivity contribution in [2.75, 3.05) is 24.3 Å². The summed E-state index contributed by atoms with van der Waals surface area (Å²) in [5.41, 5.74) is 7.78. The first-order valence-corrected chi connectivity index (χ1v) is 7.96. The molecule has 2 aromatic rings. The van der Waals surface area contributed by atoms with Crippen molar-refractivity contribution in [1.82, 2.24) is 9.97 Å². The normalized spacial score (nSPS) is 10.6. The molecular formula is C13H17BrN4OS. The van der Waals surface area contributed by atoms with Crippen molar-refractivity contribution in [3.8, 4) is 5.88 Å². The number of rotatable bonds is 6. The third-order valence-electron chi connectivity index (χ3n) is 2.67. The highest BCUT2D eigenvalue weighted by atomic mass is 79.9. The van der Waals surface area contributed by atoms with E-state index >= 15 is 0 Å². The Kier molecular flexibility index (Phi) is 5.19. The highest BCUT2D eigenvalue weighted by Crippen LogP contribution is 2.29. The Balaban J connectivity index is 2.14. The molecule has 5 nitrogen and oxygen atoms in total. The van der Waals surface area contributed by atoms with Crippen LogP contribution < -0.4 is 15.4 Å². The van der Waals surface area contributed by atoms with Crippen LogP contribution in [-0.2, 0) is 6.54 Å². The summed E-state index contributed by atoms with van der Waals surface area (Å²) < 4.78 is 6.64. The van der Waals surface area contributed by atoms with E-state index in [2.05, 4.69) is 37.3 Å². The number of nitrogens with two attached hydrogens (primary N) is 1. The van der Waals surface area contributed by atoms with E-state index in [1.165, 1.54) is 11.9 Å². The highest BCUT2D eigenvalue weighted by Gasteiger charge is 2.13. The average Bonchev–Trinajstić information content (AvgIpc) is 2.83. The molecule has 2 heterocycles. The predicted octanol–water partition coefficient (Wildman–Crippen LogP) is 3.31. The standard InChI is InChI=1S/C13H17BrN4OS/c1-3-4-19-13-11(15)12(16-8-17-13)18(2)6-9-5-10(14)20-7-9/h5,7-8H,3-4,6,15H2,1-2H3. The maximum atomic E-state index is 6.09. The zero-order chi connectivity index (χ0) is 14.5. The largest absolute Gasteiger partial charge is 0.476 e. The van der Waals surface area contributed by atoms with Crippen LogP contribution in [0.5, 0.6) is 5.88 Å². The van der Waals surface area contributed by atoms with E-state index in [1.54, 1.807) is 11.3 Å². The van der Waals surface area contributed by atoms with Gasteiger partial charge in [-0.05, 0) is 39.4 Å². The van der Waals surface area contributed by atoms with Gasteiger partial charge in [-0.25, -0.2) is 4.98 Å². The number of nitrogens with zero attached hydrogens (tertiary/aromatic N) is 3. The van der Waals surface area contributed by atoms with Crippen LogP contribution in [0.15, 0.2) is 21.6 Å². The molecule has 108 valence electrons. The number of anilines is 2. The molecule has 0 bridgehead atoms. The lowest BCUT2D eigenvalue weighted by Gasteiger charge is -2.20. The number of thiophene rings is 1. The SMILES string of the molecule is CCCOc1ncnc(N(C)Cc2csc(Br)c2)c1N. The quantitative estimate of drug-likeness (QED) is 0.859. The second-order valence-corrected chi connectivity index (χ2v) is 6.67. The van der Waals surface area contributed by atoms with Crippen molar-refractivity contribution < 1.29 is 4.74 Å². The minimum Gasteiger partial charge on any atom is -0.476 e. The van der Waals surface area contributed by atoms with Crippen molar-refractivity contribution >= 4 is 38.8 Å². The molecular weight excluding hydrogens is 340 g/mol. The fourth-order valence-corrected chi connectivity index (χ4v) is 2.97. The van der Waals surface area contributed by atoms with E-state index in [9.17, 15) is 0 Å². The van der Waals surface area contributed by atoms with Gasteiger partial charge in [0.1, 0.15) is 12.0 Å². The summed E-state index contributed by atoms with van der Waals surface area (Å²) in [5, 5.41) is 2.10. The second-order valence-electron chi connectivity index (χ2n) is 4.38. The van der Waals surface area contributed by atoms with Gasteiger partial charge in [-0.1, -0.05) is 6.92 Å². The van der Waals surface area contributed by atoms with Gasteiger partial charge in [0.15, 0.2) is 5.82 Å². The molecule has 0 aliphatic carbocycles. The molecule has 0 unspecified atom stereocenters. The van der Waals surface area contributed by atoms with E-state index in [0.717, 1.165) is 16.8 Å². The van der Waals surface area contributed by atoms with Gasteiger partial charge >= 0.3 is 0 Å². The van der Waals surface area contributed by atoms with Gasteiger partial charge in [0, 0.05) is 13.6 Å². The molecule has 0 amide bonds. The van der Waals surface area contributed by atoms with Crippen LogP contribution in [0.4, 0.5) is 11.5 Å². The van der Waals surface area contributed by atoms with Gasteiger partial charge in [0.25, 0.3) is 0 Å². The van der Waals surface area contributed by atoms with Crippen LogP contribution in [0.2, 0.25) is 0 Å². The summed E-state index contributed by atoms with van der Waals surface area (Å²) in [5.74, 6) is 1.14. The van der Waals surface area contributed by atoms with Crippen LogP contribution >= 0.6 is 27.3 Å². The first-order valence-electron chi connectivity index (χ1n) is 6.29. The number of ether oxygens (including phenoxy) is 1. The van der Waals surface area contributed by atoms with Crippen LogP contribution in [-0.4, -0.2) is 23.6 Å². The summed E-state index contributed by atoms with van der Waals surface area (Å²) in [6.45, 7) is 3.37. The molecule has 0 spiro atoms. The van der Waals surface area contributed by atoms with Gasteiger partial charge in [-0.3, -0.25) is 0 Å². The Labute approximate surface area is 130 Å². The molecule has 7 heteroatoms. The molecule has 0 aliphatic heterocycles. The summed E-state index contributed by atoms with van der Waals surface area (Å²) in [6, 6.07) is 2.09. The van der Waals surface area contributed by atoms with Crippen LogP contribution in [0, 0.1) is 0 Å². The first-order chi connectivity index (χ1) is 9.61. The van der Waals surface area contributed by atoms with E-state index in [-0.39, 0.29) is 0 Å². The molecule has 2 rings (SSSR count). The average molecular weight is 357 g/mol. The smallest absolute Gasteiger partial charge is 0.242 e. The minimum absolute atomic E-state index is 0.454. The Morgan fingerprint density at radius 1 is 1.45 bits per heavy atom. The molecule has 0 saturated heterocycles. The zero-order valence-corrected chi connectivity index (χ0v) is 13.9. The molecule has 0 atom stereocenters. The second kappa shape index (κ2) is 6.90. The monoisotopic (exact) mass is 356 g/mol. The van der Waals surface area contributed by atoms with Gasteiger partial charge in [-0.15, -0.1) is 11.3 Å². The van der Waals surface area contributed by atoms with Crippen LogP contribution in [0.3, 0.4) is 0 Å². The lowest BCUT2D eigenvalue weighted by molar-refractivity contribution is 0.306. The van der Waals surface area contributed by atoms with Crippen LogP contribution in [0.25, 0.3) is 0 Å². The first kappa shape index (κ1) is 15.1. The lowest BCUT2D eigenvalue weighted by atomic mass is 10.3. The molecule has 0 radical (unpaired) electrons. The van der Waals surface area contributed by atoms with E-state index in [4.69, 9.17) is 10.5 Å². The maximum absolute atomic E-state index is 6.09. The molecule has 20 heavy (non-hydrogen) atoms. The Morgan fingerprint density at radius 2 is 2.25 bits per heavy atom. The topological polar surface area (TPSA) is 64.3 Å². The highest BCUT2D eigenvalue weighted by molar-refractivity contribution is 9.11. The number of aromatic nitrogens is 2. The molecule has 2 N–H and O–H groups in total. The third kappa shape index (κ3) is 3.61. The van der Waals surface area contributed by atoms with Crippen molar-refractivity contribution in [3.63, 3.8) is 0 Å². The summed E-state index contributed by atoms with van der Waals surface area (Å²) in [7, 11) is 1.95. The Hall–Kier alpha value is -1.34. The Bertz CT molecular complexity index is 575. The number of hydrogen-bond acceptors (Lipinski definition) is 6. The lowest BCUT2D eigenvalue weighted by Crippen LogP contribution is -2.19. The molecule has 0 fully saturated rings. The third-order valence-corrected chi connectivity index (χ3v) is 4.23. The van der Waals surface area contributed by atoms with E-state index < -0.39 is 0 Å². The summed E-state index contributed by atoms with van der Waals surface area (Å²) >= 11 is 5.12. The minimum atomic E-state index is 0.454. The van der Waals surface area contributed by atoms with E-state index in [1.807, 2.05) is 18.9 Å². The van der Waals surface area contributed by atoms with Crippen molar-refractivity contribution in [1.29, 1.82) is 0 Å². The fraction of sp³-hybridized carbons (Fsp3) is 0.385. The van der Waals surface area contributed by atoms with Gasteiger partial charge in [0.2, 0.25) is 5.88 Å². The van der Waals surface area contributed by atoms with Crippen molar-refractivity contribution in [3.05, 3.63) is 27.1 Å². The Morgan fingerprint density at radius 3 is 2.90 bits per heavy atom. The van der Waals surface area contributed by atoms with Gasteiger partial charge in [-0.2, -0.15) is 4.98 Å². The van der Waals surface area contributed by atoms with Crippen LogP contribution in [0.1, 0.15) is 18.9 Å². The van der Waals surface area contributed by atoms with Crippen molar-refractivity contribution in [2.24, 2.45) is 0 Å². The molecule has 0 aliphatic rings.